The van der Waals surface area contributed by atoms with Crippen LogP contribution < -0.4 is 15.4 Å². The maximum absolute atomic E-state index is 13.6. The number of nitrogens with one attached hydrogen (secondary N) is 2. The number of nitrogens with zero attached hydrogens (tertiary/aromatic N) is 1. The molecule has 2 rings (SSSR count). The molecule has 9 heteroatoms. The number of amides is 2. The van der Waals surface area contributed by atoms with E-state index in [0.29, 0.717) is 24.1 Å². The van der Waals surface area contributed by atoms with Crippen LogP contribution in [-0.4, -0.2) is 43.5 Å². The quantitative estimate of drug-likeness (QED) is 0.674. The van der Waals surface area contributed by atoms with Gasteiger partial charge in [0, 0.05) is 0 Å². The van der Waals surface area contributed by atoms with E-state index in [-0.39, 0.29) is 19.0 Å². The predicted molar refractivity (Wildman–Crippen MR) is 98.7 cm³/mol. The molecule has 0 saturated heterocycles. The van der Waals surface area contributed by atoms with Gasteiger partial charge in [0.05, 0.1) is 31.1 Å². The van der Waals surface area contributed by atoms with Crippen LogP contribution in [0.5, 0.6) is 5.75 Å². The minimum Gasteiger partial charge on any atom is -0.492 e. The molecule has 0 unspecified atom stereocenters. The van der Waals surface area contributed by atoms with E-state index in [4.69, 9.17) is 4.74 Å². The monoisotopic (exact) mass is 395 g/mol. The standard InChI is InChI=1S/C19H20F3N3O3/c1-3-28-15-7-5-4-6-13(15)23-16(26)10-25(2)11-17(27)24-14-9-8-12(20)18(21)19(14)22/h4-9H,3,10-11H2,1-2H3,(H,23,26)(H,24,27). The summed E-state index contributed by atoms with van der Waals surface area (Å²) in [5.74, 6) is -5.06. The zero-order valence-electron chi connectivity index (χ0n) is 15.4. The van der Waals surface area contributed by atoms with Crippen molar-refractivity contribution in [2.24, 2.45) is 0 Å². The van der Waals surface area contributed by atoms with Gasteiger partial charge in [-0.1, -0.05) is 12.1 Å². The lowest BCUT2D eigenvalue weighted by Gasteiger charge is -2.17. The molecule has 0 spiro atoms. The Balaban J connectivity index is 1.89. The fourth-order valence-corrected chi connectivity index (χ4v) is 2.40. The number of likely N-dealkylation sites (N-methyl/N-ethyl adjacent to an activating group) is 1. The molecule has 6 nitrogen and oxygen atoms in total. The molecule has 2 aromatic carbocycles. The van der Waals surface area contributed by atoms with E-state index in [1.807, 2.05) is 6.92 Å². The number of hydrogen-bond donors (Lipinski definition) is 2. The average Bonchev–Trinajstić information content (AvgIpc) is 2.64. The van der Waals surface area contributed by atoms with Gasteiger partial charge in [0.2, 0.25) is 11.8 Å². The first-order valence-corrected chi connectivity index (χ1v) is 8.45. The third-order valence-corrected chi connectivity index (χ3v) is 3.60. The van der Waals surface area contributed by atoms with Crippen LogP contribution in [0.25, 0.3) is 0 Å². The molecule has 0 aliphatic carbocycles. The molecule has 0 heterocycles. The van der Waals surface area contributed by atoms with E-state index >= 15 is 0 Å². The van der Waals surface area contributed by atoms with Crippen molar-refractivity contribution in [2.75, 3.05) is 37.4 Å². The highest BCUT2D eigenvalue weighted by atomic mass is 19.2. The van der Waals surface area contributed by atoms with E-state index in [9.17, 15) is 22.8 Å². The zero-order valence-corrected chi connectivity index (χ0v) is 15.4. The third-order valence-electron chi connectivity index (χ3n) is 3.60. The van der Waals surface area contributed by atoms with Crippen molar-refractivity contribution >= 4 is 23.2 Å². The van der Waals surface area contributed by atoms with Gasteiger partial charge < -0.3 is 15.4 Å². The molecular weight excluding hydrogens is 375 g/mol. The Morgan fingerprint density at radius 2 is 1.54 bits per heavy atom. The molecular formula is C19H20F3N3O3. The number of carbonyl (C=O) groups excluding carboxylic acids is 2. The summed E-state index contributed by atoms with van der Waals surface area (Å²) in [5.41, 5.74) is 0.0171. The fraction of sp³-hybridized carbons (Fsp3) is 0.263. The van der Waals surface area contributed by atoms with Crippen molar-refractivity contribution in [1.82, 2.24) is 4.90 Å². The van der Waals surface area contributed by atoms with Crippen LogP contribution in [0, 0.1) is 17.5 Å². The Bertz CT molecular complexity index is 862. The van der Waals surface area contributed by atoms with E-state index in [1.54, 1.807) is 24.3 Å². The normalized spacial score (nSPS) is 10.6. The van der Waals surface area contributed by atoms with E-state index < -0.39 is 29.0 Å². The molecule has 2 amide bonds. The summed E-state index contributed by atoms with van der Waals surface area (Å²) in [7, 11) is 1.51. The summed E-state index contributed by atoms with van der Waals surface area (Å²) in [6, 6.07) is 8.54. The van der Waals surface area contributed by atoms with Crippen molar-refractivity contribution in [2.45, 2.75) is 6.92 Å². The summed E-state index contributed by atoms with van der Waals surface area (Å²) < 4.78 is 45.1. The molecule has 150 valence electrons. The van der Waals surface area contributed by atoms with Crippen LogP contribution in [0.2, 0.25) is 0 Å². The minimum atomic E-state index is -1.67. The number of anilines is 2. The van der Waals surface area contributed by atoms with Gasteiger partial charge in [-0.05, 0) is 38.2 Å². The SMILES string of the molecule is CCOc1ccccc1NC(=O)CN(C)CC(=O)Nc1ccc(F)c(F)c1F. The fourth-order valence-electron chi connectivity index (χ4n) is 2.40. The minimum absolute atomic E-state index is 0.131. The van der Waals surface area contributed by atoms with Crippen molar-refractivity contribution in [3.8, 4) is 5.75 Å². The summed E-state index contributed by atoms with van der Waals surface area (Å²) in [5, 5.41) is 4.83. The van der Waals surface area contributed by atoms with Crippen molar-refractivity contribution in [3.05, 3.63) is 53.8 Å². The average molecular weight is 395 g/mol. The first-order valence-electron chi connectivity index (χ1n) is 8.45. The molecule has 0 bridgehead atoms. The zero-order chi connectivity index (χ0) is 20.7. The van der Waals surface area contributed by atoms with Crippen molar-refractivity contribution in [3.63, 3.8) is 0 Å². The number of carbonyl (C=O) groups is 2. The molecule has 0 aromatic heterocycles. The molecule has 0 aliphatic heterocycles. The maximum atomic E-state index is 13.6. The second-order valence-electron chi connectivity index (χ2n) is 5.92. The molecule has 28 heavy (non-hydrogen) atoms. The molecule has 0 aliphatic rings. The highest BCUT2D eigenvalue weighted by Gasteiger charge is 2.17. The van der Waals surface area contributed by atoms with Crippen LogP contribution >= 0.6 is 0 Å². The highest BCUT2D eigenvalue weighted by molar-refractivity contribution is 5.95. The van der Waals surface area contributed by atoms with Crippen molar-refractivity contribution < 1.29 is 27.5 Å². The van der Waals surface area contributed by atoms with Crippen LogP contribution in [0.4, 0.5) is 24.5 Å². The predicted octanol–water partition coefficient (Wildman–Crippen LogP) is 3.01. The van der Waals surface area contributed by atoms with E-state index in [1.165, 1.54) is 11.9 Å². The first-order chi connectivity index (χ1) is 13.3. The van der Waals surface area contributed by atoms with Crippen molar-refractivity contribution in [1.29, 1.82) is 0 Å². The first kappa shape index (κ1) is 21.2. The number of ether oxygens (including phenoxy) is 1. The van der Waals surface area contributed by atoms with Crippen LogP contribution in [-0.2, 0) is 9.59 Å². The molecule has 0 radical (unpaired) electrons. The Hall–Kier alpha value is -3.07. The van der Waals surface area contributed by atoms with Gasteiger partial charge in [-0.25, -0.2) is 13.2 Å². The smallest absolute Gasteiger partial charge is 0.238 e. The molecule has 0 fully saturated rings. The van der Waals surface area contributed by atoms with Crippen LogP contribution in [0.1, 0.15) is 6.92 Å². The number of para-hydroxylation sites is 2. The topological polar surface area (TPSA) is 70.7 Å². The lowest BCUT2D eigenvalue weighted by molar-refractivity contribution is -0.119. The summed E-state index contributed by atoms with van der Waals surface area (Å²) in [6.07, 6.45) is 0. The molecule has 0 atom stereocenters. The Morgan fingerprint density at radius 3 is 2.18 bits per heavy atom. The molecule has 2 N–H and O–H groups in total. The van der Waals surface area contributed by atoms with Crippen LogP contribution in [0.3, 0.4) is 0 Å². The van der Waals surface area contributed by atoms with Gasteiger partial charge in [0.25, 0.3) is 0 Å². The number of halogens is 3. The Labute approximate surface area is 160 Å². The van der Waals surface area contributed by atoms with Gasteiger partial charge in [-0.3, -0.25) is 14.5 Å². The second kappa shape index (κ2) is 9.75. The number of benzene rings is 2. The van der Waals surface area contributed by atoms with Gasteiger partial charge in [0.1, 0.15) is 5.75 Å². The third kappa shape index (κ3) is 5.71. The maximum Gasteiger partial charge on any atom is 0.238 e. The van der Waals surface area contributed by atoms with Gasteiger partial charge in [-0.15, -0.1) is 0 Å². The number of rotatable bonds is 8. The molecule has 2 aromatic rings. The van der Waals surface area contributed by atoms with Gasteiger partial charge >= 0.3 is 0 Å². The molecule has 0 saturated carbocycles. The lowest BCUT2D eigenvalue weighted by atomic mass is 10.2. The van der Waals surface area contributed by atoms with Gasteiger partial charge in [-0.2, -0.15) is 0 Å². The Morgan fingerprint density at radius 1 is 0.929 bits per heavy atom. The van der Waals surface area contributed by atoms with E-state index in [0.717, 1.165) is 6.07 Å². The summed E-state index contributed by atoms with van der Waals surface area (Å²) in [4.78, 5) is 25.5. The van der Waals surface area contributed by atoms with Gasteiger partial charge in [0.15, 0.2) is 17.5 Å². The summed E-state index contributed by atoms with van der Waals surface area (Å²) in [6.45, 7) is 1.86. The lowest BCUT2D eigenvalue weighted by Crippen LogP contribution is -2.36. The summed E-state index contributed by atoms with van der Waals surface area (Å²) >= 11 is 0. The second-order valence-corrected chi connectivity index (χ2v) is 5.92. The van der Waals surface area contributed by atoms with E-state index in [2.05, 4.69) is 10.6 Å². The van der Waals surface area contributed by atoms with Crippen LogP contribution in [0.15, 0.2) is 36.4 Å². The highest BCUT2D eigenvalue weighted by Crippen LogP contribution is 2.23. The largest absolute Gasteiger partial charge is 0.492 e. The number of hydrogen-bond acceptors (Lipinski definition) is 4. The Kier molecular flexibility index (Phi) is 7.39.